The zero-order chi connectivity index (χ0) is 13.5. The molecule has 0 atom stereocenters. The molecule has 0 amide bonds. The van der Waals surface area contributed by atoms with Crippen LogP contribution in [-0.2, 0) is 0 Å². The topological polar surface area (TPSA) is 62.4 Å². The average molecular weight is 248 g/mol. The van der Waals surface area contributed by atoms with Gasteiger partial charge in [0.25, 0.3) is 0 Å². The zero-order valence-electron chi connectivity index (χ0n) is 11.7. The molecule has 0 radical (unpaired) electrons. The summed E-state index contributed by atoms with van der Waals surface area (Å²) in [5.41, 5.74) is 4.89. The van der Waals surface area contributed by atoms with E-state index in [2.05, 4.69) is 55.6 Å². The van der Waals surface area contributed by atoms with E-state index in [4.69, 9.17) is 5.84 Å². The second-order valence-electron chi connectivity index (χ2n) is 5.13. The van der Waals surface area contributed by atoms with E-state index in [0.29, 0.717) is 17.8 Å². The fourth-order valence-electron chi connectivity index (χ4n) is 1.51. The number of hydrogen-bond donors (Lipinski definition) is 3. The fraction of sp³-hybridized carbons (Fsp3) is 0.500. The summed E-state index contributed by atoms with van der Waals surface area (Å²) in [5.74, 6) is 7.08. The van der Waals surface area contributed by atoms with Crippen LogP contribution in [-0.4, -0.2) is 12.5 Å². The smallest absolute Gasteiger partial charge is 0.210 e. The molecule has 0 saturated carbocycles. The van der Waals surface area contributed by atoms with Gasteiger partial charge in [-0.15, -0.1) is 0 Å². The second-order valence-corrected chi connectivity index (χ2v) is 5.13. The maximum atomic E-state index is 5.46. The van der Waals surface area contributed by atoms with Crippen LogP contribution >= 0.6 is 0 Å². The molecule has 4 nitrogen and oxygen atoms in total. The van der Waals surface area contributed by atoms with Crippen molar-refractivity contribution in [1.82, 2.24) is 5.43 Å². The monoisotopic (exact) mass is 248 g/mol. The number of nitrogens with one attached hydrogen (secondary N) is 2. The Bertz CT molecular complexity index is 397. The maximum Gasteiger partial charge on any atom is 0.210 e. The number of aliphatic imine (C=N–C) groups is 1. The van der Waals surface area contributed by atoms with Gasteiger partial charge in [-0.25, -0.2) is 5.84 Å². The van der Waals surface area contributed by atoms with Crippen molar-refractivity contribution in [2.75, 3.05) is 11.9 Å². The first kappa shape index (κ1) is 14.5. The molecule has 0 heterocycles. The Morgan fingerprint density at radius 3 is 2.56 bits per heavy atom. The van der Waals surface area contributed by atoms with Gasteiger partial charge in [0.1, 0.15) is 0 Å². The molecule has 18 heavy (non-hydrogen) atoms. The van der Waals surface area contributed by atoms with Gasteiger partial charge >= 0.3 is 0 Å². The Labute approximate surface area is 110 Å². The van der Waals surface area contributed by atoms with E-state index in [1.54, 1.807) is 0 Å². The molecule has 1 aromatic rings. The number of anilines is 1. The second kappa shape index (κ2) is 7.01. The highest BCUT2D eigenvalue weighted by Gasteiger charge is 2.02. The molecule has 0 fully saturated rings. The van der Waals surface area contributed by atoms with E-state index in [0.717, 1.165) is 12.2 Å². The van der Waals surface area contributed by atoms with Gasteiger partial charge in [-0.2, -0.15) is 0 Å². The highest BCUT2D eigenvalue weighted by molar-refractivity contribution is 5.93. The number of rotatable bonds is 4. The SMILES string of the molecule is CC(C)CN=C(NN)Nc1cccc(C(C)C)c1. The Morgan fingerprint density at radius 2 is 2.00 bits per heavy atom. The molecule has 1 aromatic carbocycles. The molecule has 0 bridgehead atoms. The minimum absolute atomic E-state index is 0.508. The molecule has 0 aromatic heterocycles. The minimum Gasteiger partial charge on any atom is -0.325 e. The van der Waals surface area contributed by atoms with Crippen molar-refractivity contribution in [1.29, 1.82) is 0 Å². The maximum absolute atomic E-state index is 5.46. The molecule has 0 aliphatic carbocycles. The summed E-state index contributed by atoms with van der Waals surface area (Å²) >= 11 is 0. The lowest BCUT2D eigenvalue weighted by Gasteiger charge is -2.12. The van der Waals surface area contributed by atoms with Crippen LogP contribution in [0.3, 0.4) is 0 Å². The van der Waals surface area contributed by atoms with E-state index in [9.17, 15) is 0 Å². The first-order valence-electron chi connectivity index (χ1n) is 6.41. The highest BCUT2D eigenvalue weighted by atomic mass is 15.3. The van der Waals surface area contributed by atoms with Crippen LogP contribution in [0.5, 0.6) is 0 Å². The van der Waals surface area contributed by atoms with Gasteiger partial charge in [0, 0.05) is 12.2 Å². The molecule has 0 aliphatic heterocycles. The van der Waals surface area contributed by atoms with Gasteiger partial charge in [-0.1, -0.05) is 39.8 Å². The summed E-state index contributed by atoms with van der Waals surface area (Å²) in [4.78, 5) is 4.38. The standard InChI is InChI=1S/C14H24N4/c1-10(2)9-16-14(18-15)17-13-7-5-6-12(8-13)11(3)4/h5-8,10-11H,9,15H2,1-4H3,(H2,16,17,18). The van der Waals surface area contributed by atoms with Crippen molar-refractivity contribution >= 4 is 11.6 Å². The summed E-state index contributed by atoms with van der Waals surface area (Å²) in [6, 6.07) is 8.28. The van der Waals surface area contributed by atoms with Gasteiger partial charge in [0.15, 0.2) is 0 Å². The van der Waals surface area contributed by atoms with Crippen LogP contribution in [0.4, 0.5) is 5.69 Å². The first-order chi connectivity index (χ1) is 8.52. The van der Waals surface area contributed by atoms with E-state index in [1.165, 1.54) is 5.56 Å². The van der Waals surface area contributed by atoms with Crippen LogP contribution in [0.15, 0.2) is 29.3 Å². The fourth-order valence-corrected chi connectivity index (χ4v) is 1.51. The third kappa shape index (κ3) is 4.75. The summed E-state index contributed by atoms with van der Waals surface area (Å²) in [5, 5.41) is 3.19. The van der Waals surface area contributed by atoms with Crippen molar-refractivity contribution in [3.8, 4) is 0 Å². The molecule has 4 N–H and O–H groups in total. The van der Waals surface area contributed by atoms with Crippen LogP contribution in [0.25, 0.3) is 0 Å². The number of nitrogens with two attached hydrogens (primary N) is 1. The zero-order valence-corrected chi connectivity index (χ0v) is 11.7. The quantitative estimate of drug-likeness (QED) is 0.332. The van der Waals surface area contributed by atoms with Crippen molar-refractivity contribution in [2.45, 2.75) is 33.6 Å². The molecule has 0 aliphatic rings. The van der Waals surface area contributed by atoms with Crippen LogP contribution in [0.1, 0.15) is 39.2 Å². The summed E-state index contributed by atoms with van der Waals surface area (Å²) in [6.45, 7) is 9.34. The van der Waals surface area contributed by atoms with E-state index in [-0.39, 0.29) is 0 Å². The van der Waals surface area contributed by atoms with Gasteiger partial charge in [0.05, 0.1) is 0 Å². The van der Waals surface area contributed by atoms with E-state index in [1.807, 2.05) is 12.1 Å². The Kier molecular flexibility index (Phi) is 5.65. The molecule has 0 saturated heterocycles. The molecule has 4 heteroatoms. The van der Waals surface area contributed by atoms with Crippen molar-refractivity contribution in [3.05, 3.63) is 29.8 Å². The molecular weight excluding hydrogens is 224 g/mol. The molecular formula is C14H24N4. The highest BCUT2D eigenvalue weighted by Crippen LogP contribution is 2.18. The van der Waals surface area contributed by atoms with Gasteiger partial charge in [0.2, 0.25) is 5.96 Å². The molecule has 0 spiro atoms. The van der Waals surface area contributed by atoms with Crippen molar-refractivity contribution in [3.63, 3.8) is 0 Å². The van der Waals surface area contributed by atoms with Crippen LogP contribution < -0.4 is 16.6 Å². The normalized spacial score (nSPS) is 12.1. The van der Waals surface area contributed by atoms with Gasteiger partial charge < -0.3 is 5.32 Å². The largest absolute Gasteiger partial charge is 0.325 e. The minimum atomic E-state index is 0.508. The first-order valence-corrected chi connectivity index (χ1v) is 6.41. The third-order valence-electron chi connectivity index (χ3n) is 2.57. The third-order valence-corrected chi connectivity index (χ3v) is 2.57. The molecule has 1 rings (SSSR count). The lowest BCUT2D eigenvalue weighted by Crippen LogP contribution is -2.36. The Balaban J connectivity index is 2.75. The van der Waals surface area contributed by atoms with E-state index < -0.39 is 0 Å². The number of hydrazine groups is 1. The molecule has 0 unspecified atom stereocenters. The summed E-state index contributed by atoms with van der Waals surface area (Å²) in [7, 11) is 0. The van der Waals surface area contributed by atoms with E-state index >= 15 is 0 Å². The molecule has 100 valence electrons. The number of hydrogen-bond acceptors (Lipinski definition) is 2. The lowest BCUT2D eigenvalue weighted by molar-refractivity contribution is 0.663. The van der Waals surface area contributed by atoms with Crippen molar-refractivity contribution < 1.29 is 0 Å². The number of guanidine groups is 1. The van der Waals surface area contributed by atoms with Crippen molar-refractivity contribution in [2.24, 2.45) is 16.8 Å². The predicted octanol–water partition coefficient (Wildman–Crippen LogP) is 2.70. The van der Waals surface area contributed by atoms with Crippen LogP contribution in [0, 0.1) is 5.92 Å². The number of benzene rings is 1. The summed E-state index contributed by atoms with van der Waals surface area (Å²) in [6.07, 6.45) is 0. The Morgan fingerprint density at radius 1 is 1.28 bits per heavy atom. The Hall–Kier alpha value is -1.55. The van der Waals surface area contributed by atoms with Crippen LogP contribution in [0.2, 0.25) is 0 Å². The summed E-state index contributed by atoms with van der Waals surface area (Å²) < 4.78 is 0. The predicted molar refractivity (Wildman–Crippen MR) is 78.6 cm³/mol. The van der Waals surface area contributed by atoms with Gasteiger partial charge in [-0.3, -0.25) is 10.4 Å². The average Bonchev–Trinajstić information content (AvgIpc) is 2.34. The van der Waals surface area contributed by atoms with Gasteiger partial charge in [-0.05, 0) is 29.5 Å². The number of nitrogens with zero attached hydrogens (tertiary/aromatic N) is 1. The lowest BCUT2D eigenvalue weighted by atomic mass is 10.0.